The van der Waals surface area contributed by atoms with Crippen molar-refractivity contribution in [2.75, 3.05) is 0 Å². The van der Waals surface area contributed by atoms with Gasteiger partial charge in [0.1, 0.15) is 0 Å². The molecule has 0 spiro atoms. The van der Waals surface area contributed by atoms with E-state index < -0.39 is 0 Å². The van der Waals surface area contributed by atoms with Crippen LogP contribution in [0.1, 0.15) is 102 Å². The third-order valence-corrected chi connectivity index (χ3v) is 4.17. The van der Waals surface area contributed by atoms with Crippen LogP contribution >= 0.6 is 0 Å². The van der Waals surface area contributed by atoms with Crippen molar-refractivity contribution in [3.63, 3.8) is 0 Å². The van der Waals surface area contributed by atoms with E-state index in [0.717, 1.165) is 18.5 Å². The Hall–Kier alpha value is -2.35. The summed E-state index contributed by atoms with van der Waals surface area (Å²) in [5.74, 6) is 0.175. The van der Waals surface area contributed by atoms with Gasteiger partial charge >= 0.3 is 0 Å². The van der Waals surface area contributed by atoms with E-state index in [1.807, 2.05) is 85.4 Å². The smallest absolute Gasteiger partial charge is 0.230 e. The van der Waals surface area contributed by atoms with Crippen LogP contribution in [0.15, 0.2) is 84.7 Å². The highest BCUT2D eigenvalue weighted by atomic mass is 16.2. The van der Waals surface area contributed by atoms with Crippen molar-refractivity contribution < 1.29 is 4.79 Å². The number of carbonyl (C=O) groups is 1. The van der Waals surface area contributed by atoms with Gasteiger partial charge < -0.3 is 4.90 Å². The Balaban J connectivity index is -0.000000225. The maximum atomic E-state index is 11.7. The number of hydrogen-bond acceptors (Lipinski definition) is 1. The van der Waals surface area contributed by atoms with Gasteiger partial charge in [-0.1, -0.05) is 124 Å². The Morgan fingerprint density at radius 1 is 0.970 bits per heavy atom. The highest BCUT2D eigenvalue weighted by molar-refractivity contribution is 5.87. The first-order valence-corrected chi connectivity index (χ1v) is 12.9. The van der Waals surface area contributed by atoms with Crippen molar-refractivity contribution in [3.8, 4) is 0 Å². The molecule has 0 N–H and O–H groups in total. The molecular formula is C31H55NO. The molecule has 1 heterocycles. The number of β-lactam (4-membered cyclic amide) rings is 1. The minimum absolute atomic E-state index is 0.175. The maximum absolute atomic E-state index is 11.7. The quantitative estimate of drug-likeness (QED) is 0.249. The predicted octanol–water partition coefficient (Wildman–Crippen LogP) is 10.1. The van der Waals surface area contributed by atoms with E-state index in [9.17, 15) is 4.79 Å². The summed E-state index contributed by atoms with van der Waals surface area (Å²) in [4.78, 5) is 13.5. The molecule has 1 unspecified atom stereocenters. The van der Waals surface area contributed by atoms with Crippen LogP contribution in [-0.4, -0.2) is 16.8 Å². The van der Waals surface area contributed by atoms with Crippen molar-refractivity contribution in [1.82, 2.24) is 4.90 Å². The molecular weight excluding hydrogens is 402 g/mol. The molecule has 1 aliphatic rings. The van der Waals surface area contributed by atoms with E-state index in [2.05, 4.69) is 57.4 Å². The Bertz CT molecular complexity index is 629. The van der Waals surface area contributed by atoms with Crippen molar-refractivity contribution in [2.45, 2.75) is 108 Å². The highest BCUT2D eigenvalue weighted by Gasteiger charge is 2.38. The fraction of sp³-hybridized carbons (Fsp3) is 0.516. The lowest BCUT2D eigenvalue weighted by molar-refractivity contribution is -0.140. The minimum Gasteiger partial charge on any atom is -0.305 e. The minimum atomic E-state index is 0.175. The van der Waals surface area contributed by atoms with Gasteiger partial charge in [-0.05, 0) is 50.8 Å². The summed E-state index contributed by atoms with van der Waals surface area (Å²) < 4.78 is 0. The molecule has 1 amide bonds. The van der Waals surface area contributed by atoms with Crippen LogP contribution in [0.5, 0.6) is 0 Å². The van der Waals surface area contributed by atoms with Gasteiger partial charge in [0, 0.05) is 5.70 Å². The molecule has 0 aromatic heterocycles. The zero-order valence-corrected chi connectivity index (χ0v) is 23.9. The Morgan fingerprint density at radius 3 is 1.85 bits per heavy atom. The average molecular weight is 458 g/mol. The first-order valence-electron chi connectivity index (χ1n) is 12.9. The number of nitrogens with zero attached hydrogens (tertiary/aromatic N) is 1. The van der Waals surface area contributed by atoms with Gasteiger partial charge in [0.25, 0.3) is 0 Å². The van der Waals surface area contributed by atoms with Crippen molar-refractivity contribution >= 4 is 5.91 Å². The fourth-order valence-corrected chi connectivity index (χ4v) is 2.98. The van der Waals surface area contributed by atoms with Gasteiger partial charge in [0.15, 0.2) is 0 Å². The van der Waals surface area contributed by atoms with Crippen molar-refractivity contribution in [2.24, 2.45) is 0 Å². The molecule has 0 radical (unpaired) electrons. The SMILES string of the molecule is C=C/C(=C\C)N1C(=O)CC1C(/C=C\C)=C/CC.C=C/C=C(\C=C/C)CCC.CC.CC.CC. The largest absolute Gasteiger partial charge is 0.305 e. The number of carbonyl (C=O) groups excluding carboxylic acids is 1. The zero-order chi connectivity index (χ0) is 26.7. The van der Waals surface area contributed by atoms with Crippen LogP contribution in [-0.2, 0) is 4.79 Å². The topological polar surface area (TPSA) is 20.3 Å². The second-order valence-corrected chi connectivity index (χ2v) is 6.24. The molecule has 0 aromatic carbocycles. The summed E-state index contributed by atoms with van der Waals surface area (Å²) in [7, 11) is 0. The van der Waals surface area contributed by atoms with E-state index in [1.165, 1.54) is 17.6 Å². The predicted molar refractivity (Wildman–Crippen MR) is 154 cm³/mol. The summed E-state index contributed by atoms with van der Waals surface area (Å²) in [6.07, 6.45) is 22.0. The summed E-state index contributed by atoms with van der Waals surface area (Å²) in [6.45, 7) is 29.7. The van der Waals surface area contributed by atoms with Crippen LogP contribution in [0.25, 0.3) is 0 Å². The summed E-state index contributed by atoms with van der Waals surface area (Å²) in [6, 6.07) is 0.183. The first kappa shape index (κ1) is 37.9. The number of allylic oxidation sites excluding steroid dienone is 9. The highest BCUT2D eigenvalue weighted by Crippen LogP contribution is 2.31. The molecule has 190 valence electrons. The van der Waals surface area contributed by atoms with Crippen LogP contribution in [0.4, 0.5) is 0 Å². The van der Waals surface area contributed by atoms with Crippen LogP contribution in [0.3, 0.4) is 0 Å². The van der Waals surface area contributed by atoms with Gasteiger partial charge in [0.05, 0.1) is 12.5 Å². The van der Waals surface area contributed by atoms with E-state index in [1.54, 1.807) is 6.08 Å². The maximum Gasteiger partial charge on any atom is 0.230 e. The fourth-order valence-electron chi connectivity index (χ4n) is 2.98. The molecule has 33 heavy (non-hydrogen) atoms. The molecule has 1 rings (SSSR count). The van der Waals surface area contributed by atoms with E-state index >= 15 is 0 Å². The summed E-state index contributed by atoms with van der Waals surface area (Å²) in [5, 5.41) is 0. The van der Waals surface area contributed by atoms with Crippen LogP contribution in [0.2, 0.25) is 0 Å². The van der Waals surface area contributed by atoms with E-state index in [-0.39, 0.29) is 11.9 Å². The third-order valence-electron chi connectivity index (χ3n) is 4.17. The summed E-state index contributed by atoms with van der Waals surface area (Å²) in [5.41, 5.74) is 3.48. The lowest BCUT2D eigenvalue weighted by Crippen LogP contribution is -2.52. The van der Waals surface area contributed by atoms with Gasteiger partial charge in [-0.15, -0.1) is 0 Å². The van der Waals surface area contributed by atoms with Gasteiger partial charge in [-0.3, -0.25) is 4.79 Å². The summed E-state index contributed by atoms with van der Waals surface area (Å²) >= 11 is 0. The number of hydrogen-bond donors (Lipinski definition) is 0. The zero-order valence-electron chi connectivity index (χ0n) is 23.9. The Labute approximate surface area is 208 Å². The molecule has 0 aliphatic carbocycles. The number of rotatable bonds is 9. The Kier molecular flexibility index (Phi) is 34.1. The molecule has 2 nitrogen and oxygen atoms in total. The first-order chi connectivity index (χ1) is 16.0. The van der Waals surface area contributed by atoms with Crippen LogP contribution in [0, 0.1) is 0 Å². The van der Waals surface area contributed by atoms with Gasteiger partial charge in [0.2, 0.25) is 5.91 Å². The second-order valence-electron chi connectivity index (χ2n) is 6.24. The average Bonchev–Trinajstić information content (AvgIpc) is 2.85. The van der Waals surface area contributed by atoms with E-state index in [4.69, 9.17) is 0 Å². The standard InChI is InChI=1S/C15H21NO.C10H16.3C2H6/c1-5-9-12(10-6-2)14-11-15(17)16(14)13(7-3)8-4;1-4-7-10(8-5-2)9-6-3;3*1-2/h5,7-10,14H,3,6,11H2,1-2,4H3;4-5,7-8H,1,6,9H2,2-3H3;3*1-2H3/b9-5-,12-10+,13-8+;8-5-,10-7+;;;. The lowest BCUT2D eigenvalue weighted by Gasteiger charge is -2.42. The molecule has 1 atom stereocenters. The number of likely N-dealkylation sites (tertiary alicyclic amines) is 1. The molecule has 1 aliphatic heterocycles. The van der Waals surface area contributed by atoms with Crippen molar-refractivity contribution in [3.05, 3.63) is 84.7 Å². The van der Waals surface area contributed by atoms with E-state index in [0.29, 0.717) is 6.42 Å². The molecule has 0 saturated carbocycles. The van der Waals surface area contributed by atoms with Crippen LogP contribution < -0.4 is 0 Å². The molecule has 2 heteroatoms. The Morgan fingerprint density at radius 2 is 1.52 bits per heavy atom. The van der Waals surface area contributed by atoms with Gasteiger partial charge in [-0.2, -0.15) is 0 Å². The second kappa shape index (κ2) is 29.7. The lowest BCUT2D eigenvalue weighted by atomic mass is 9.91. The van der Waals surface area contributed by atoms with Gasteiger partial charge in [-0.25, -0.2) is 0 Å². The third kappa shape index (κ3) is 16.9. The normalized spacial score (nSPS) is 15.6. The molecule has 1 saturated heterocycles. The molecule has 1 fully saturated rings. The molecule has 0 bridgehead atoms. The monoisotopic (exact) mass is 457 g/mol. The van der Waals surface area contributed by atoms with Crippen molar-refractivity contribution in [1.29, 1.82) is 0 Å². The molecule has 0 aromatic rings. The number of amides is 1.